The van der Waals surface area contributed by atoms with Crippen LogP contribution >= 0.6 is 11.6 Å². The SMILES string of the molecule is COc1cc(C)c(NCCC(C)=O)cc1Cl. The fourth-order valence-electron chi connectivity index (χ4n) is 1.38. The Hall–Kier alpha value is -1.22. The first-order valence-electron chi connectivity index (χ1n) is 5.12. The summed E-state index contributed by atoms with van der Waals surface area (Å²) in [6.45, 7) is 4.17. The Morgan fingerprint density at radius 1 is 1.50 bits per heavy atom. The number of carbonyl (C=O) groups is 1. The summed E-state index contributed by atoms with van der Waals surface area (Å²) in [5.41, 5.74) is 1.98. The molecule has 1 N–H and O–H groups in total. The number of methoxy groups -OCH3 is 1. The lowest BCUT2D eigenvalue weighted by Gasteiger charge is -2.11. The van der Waals surface area contributed by atoms with Gasteiger partial charge < -0.3 is 10.1 Å². The predicted molar refractivity (Wildman–Crippen MR) is 66.5 cm³/mol. The third kappa shape index (κ3) is 3.42. The zero-order valence-corrected chi connectivity index (χ0v) is 10.5. The first kappa shape index (κ1) is 12.8. The van der Waals surface area contributed by atoms with E-state index in [-0.39, 0.29) is 5.78 Å². The molecule has 0 amide bonds. The maximum Gasteiger partial charge on any atom is 0.137 e. The summed E-state index contributed by atoms with van der Waals surface area (Å²) in [4.78, 5) is 10.8. The Balaban J connectivity index is 2.73. The minimum atomic E-state index is 0.171. The van der Waals surface area contributed by atoms with Gasteiger partial charge in [-0.15, -0.1) is 0 Å². The lowest BCUT2D eigenvalue weighted by Crippen LogP contribution is -2.07. The fourth-order valence-corrected chi connectivity index (χ4v) is 1.62. The van der Waals surface area contributed by atoms with E-state index < -0.39 is 0 Å². The molecule has 1 aromatic carbocycles. The Morgan fingerprint density at radius 3 is 2.75 bits per heavy atom. The van der Waals surface area contributed by atoms with Crippen LogP contribution in [0.4, 0.5) is 5.69 Å². The number of ether oxygens (including phenoxy) is 1. The molecule has 0 unspecified atom stereocenters. The van der Waals surface area contributed by atoms with Gasteiger partial charge in [0.1, 0.15) is 11.5 Å². The zero-order chi connectivity index (χ0) is 12.1. The number of hydrogen-bond donors (Lipinski definition) is 1. The normalized spacial score (nSPS) is 10.0. The molecule has 0 radical (unpaired) electrons. The molecular formula is C12H16ClNO2. The van der Waals surface area contributed by atoms with Crippen molar-refractivity contribution in [2.24, 2.45) is 0 Å². The molecule has 0 saturated carbocycles. The summed E-state index contributed by atoms with van der Waals surface area (Å²) in [6, 6.07) is 3.69. The number of benzene rings is 1. The third-order valence-electron chi connectivity index (χ3n) is 2.29. The topological polar surface area (TPSA) is 38.3 Å². The number of ketones is 1. The zero-order valence-electron chi connectivity index (χ0n) is 9.76. The molecule has 88 valence electrons. The van der Waals surface area contributed by atoms with Gasteiger partial charge in [0.25, 0.3) is 0 Å². The van der Waals surface area contributed by atoms with Gasteiger partial charge in [-0.2, -0.15) is 0 Å². The summed E-state index contributed by atoms with van der Waals surface area (Å²) in [5.74, 6) is 0.834. The quantitative estimate of drug-likeness (QED) is 0.861. The highest BCUT2D eigenvalue weighted by Crippen LogP contribution is 2.30. The van der Waals surface area contributed by atoms with E-state index in [1.807, 2.05) is 19.1 Å². The highest BCUT2D eigenvalue weighted by atomic mass is 35.5. The second-order valence-electron chi connectivity index (χ2n) is 3.68. The lowest BCUT2D eigenvalue weighted by atomic mass is 10.2. The predicted octanol–water partition coefficient (Wildman–Crippen LogP) is 3.05. The van der Waals surface area contributed by atoms with Crippen molar-refractivity contribution in [2.75, 3.05) is 19.0 Å². The van der Waals surface area contributed by atoms with Gasteiger partial charge in [-0.1, -0.05) is 11.6 Å². The van der Waals surface area contributed by atoms with Crippen molar-refractivity contribution in [3.05, 3.63) is 22.7 Å². The molecule has 3 nitrogen and oxygen atoms in total. The molecule has 0 spiro atoms. The Labute approximate surface area is 101 Å². The van der Waals surface area contributed by atoms with Crippen LogP contribution in [0.3, 0.4) is 0 Å². The van der Waals surface area contributed by atoms with E-state index in [9.17, 15) is 4.79 Å². The second-order valence-corrected chi connectivity index (χ2v) is 4.09. The van der Waals surface area contributed by atoms with E-state index in [0.29, 0.717) is 23.7 Å². The Morgan fingerprint density at radius 2 is 2.19 bits per heavy atom. The van der Waals surface area contributed by atoms with E-state index >= 15 is 0 Å². The van der Waals surface area contributed by atoms with Gasteiger partial charge in [0.2, 0.25) is 0 Å². The number of hydrogen-bond acceptors (Lipinski definition) is 3. The van der Waals surface area contributed by atoms with Crippen LogP contribution in [-0.4, -0.2) is 19.4 Å². The number of aryl methyl sites for hydroxylation is 1. The highest BCUT2D eigenvalue weighted by Gasteiger charge is 2.05. The van der Waals surface area contributed by atoms with Gasteiger partial charge >= 0.3 is 0 Å². The summed E-state index contributed by atoms with van der Waals surface area (Å²) in [5, 5.41) is 3.74. The minimum absolute atomic E-state index is 0.171. The Kier molecular flexibility index (Phi) is 4.62. The average molecular weight is 242 g/mol. The van der Waals surface area contributed by atoms with Crippen LogP contribution in [0.25, 0.3) is 0 Å². The molecule has 0 saturated heterocycles. The molecule has 1 rings (SSSR count). The van der Waals surface area contributed by atoms with Gasteiger partial charge in [-0.25, -0.2) is 0 Å². The van der Waals surface area contributed by atoms with Crippen LogP contribution in [-0.2, 0) is 4.79 Å². The summed E-state index contributed by atoms with van der Waals surface area (Å²) in [6.07, 6.45) is 0.517. The lowest BCUT2D eigenvalue weighted by molar-refractivity contribution is -0.116. The molecule has 1 aromatic rings. The van der Waals surface area contributed by atoms with E-state index in [4.69, 9.17) is 16.3 Å². The highest BCUT2D eigenvalue weighted by molar-refractivity contribution is 6.32. The van der Waals surface area contributed by atoms with Crippen LogP contribution in [0.15, 0.2) is 12.1 Å². The number of anilines is 1. The molecule has 0 aliphatic rings. The van der Waals surface area contributed by atoms with Crippen LogP contribution in [0.1, 0.15) is 18.9 Å². The van der Waals surface area contributed by atoms with Crippen LogP contribution in [0.5, 0.6) is 5.75 Å². The van der Waals surface area contributed by atoms with Gasteiger partial charge in [-0.3, -0.25) is 4.79 Å². The van der Waals surface area contributed by atoms with E-state index in [1.165, 1.54) is 0 Å². The molecular weight excluding hydrogens is 226 g/mol. The van der Waals surface area contributed by atoms with E-state index in [0.717, 1.165) is 11.3 Å². The van der Waals surface area contributed by atoms with Gasteiger partial charge in [-0.05, 0) is 31.5 Å². The van der Waals surface area contributed by atoms with Crippen molar-refractivity contribution in [3.63, 3.8) is 0 Å². The van der Waals surface area contributed by atoms with Crippen molar-refractivity contribution in [1.82, 2.24) is 0 Å². The van der Waals surface area contributed by atoms with Crippen molar-refractivity contribution in [1.29, 1.82) is 0 Å². The first-order chi connectivity index (χ1) is 7.54. The van der Waals surface area contributed by atoms with E-state index in [2.05, 4.69) is 5.32 Å². The van der Waals surface area contributed by atoms with E-state index in [1.54, 1.807) is 14.0 Å². The smallest absolute Gasteiger partial charge is 0.137 e. The number of rotatable bonds is 5. The molecule has 0 aromatic heterocycles. The maximum atomic E-state index is 10.8. The molecule has 0 heterocycles. The Bertz CT molecular complexity index is 391. The van der Waals surface area contributed by atoms with Gasteiger partial charge in [0.05, 0.1) is 12.1 Å². The summed E-state index contributed by atoms with van der Waals surface area (Å²) in [7, 11) is 1.59. The molecule has 0 aliphatic heterocycles. The van der Waals surface area contributed by atoms with Crippen molar-refractivity contribution < 1.29 is 9.53 Å². The van der Waals surface area contributed by atoms with Crippen molar-refractivity contribution >= 4 is 23.1 Å². The number of carbonyl (C=O) groups excluding carboxylic acids is 1. The summed E-state index contributed by atoms with van der Waals surface area (Å²) >= 11 is 6.01. The van der Waals surface area contributed by atoms with Crippen LogP contribution in [0, 0.1) is 6.92 Å². The molecule has 4 heteroatoms. The first-order valence-corrected chi connectivity index (χ1v) is 5.50. The minimum Gasteiger partial charge on any atom is -0.495 e. The van der Waals surface area contributed by atoms with Gasteiger partial charge in [0.15, 0.2) is 0 Å². The molecule has 0 aliphatic carbocycles. The number of halogens is 1. The van der Waals surface area contributed by atoms with Crippen molar-refractivity contribution in [3.8, 4) is 5.75 Å². The molecule has 0 atom stereocenters. The largest absolute Gasteiger partial charge is 0.495 e. The number of nitrogens with one attached hydrogen (secondary N) is 1. The molecule has 0 fully saturated rings. The average Bonchev–Trinajstić information content (AvgIpc) is 2.22. The monoisotopic (exact) mass is 241 g/mol. The third-order valence-corrected chi connectivity index (χ3v) is 2.59. The maximum absolute atomic E-state index is 10.8. The number of Topliss-reactive ketones (excluding diaryl/α,β-unsaturated/α-hetero) is 1. The van der Waals surface area contributed by atoms with Crippen LogP contribution < -0.4 is 10.1 Å². The standard InChI is InChI=1S/C12H16ClNO2/c1-8-6-12(16-3)10(13)7-11(8)14-5-4-9(2)15/h6-7,14H,4-5H2,1-3H3. The van der Waals surface area contributed by atoms with Gasteiger partial charge in [0, 0.05) is 18.7 Å². The fraction of sp³-hybridized carbons (Fsp3) is 0.417. The van der Waals surface area contributed by atoms with Crippen LogP contribution in [0.2, 0.25) is 5.02 Å². The second kappa shape index (κ2) is 5.75. The molecule has 0 bridgehead atoms. The molecule has 16 heavy (non-hydrogen) atoms. The van der Waals surface area contributed by atoms with Crippen molar-refractivity contribution in [2.45, 2.75) is 20.3 Å². The summed E-state index contributed by atoms with van der Waals surface area (Å²) < 4.78 is 5.11.